The lowest BCUT2D eigenvalue weighted by Gasteiger charge is -2.41. The predicted octanol–water partition coefficient (Wildman–Crippen LogP) is 4.92. The molecule has 1 N–H and O–H groups in total. The Morgan fingerprint density at radius 2 is 2.15 bits per heavy atom. The maximum absolute atomic E-state index is 4.97. The summed E-state index contributed by atoms with van der Waals surface area (Å²) in [7, 11) is 0. The van der Waals surface area contributed by atoms with Gasteiger partial charge in [0.05, 0.1) is 11.2 Å². The molecule has 0 amide bonds. The minimum Gasteiger partial charge on any atom is -0.306 e. The molecule has 1 aliphatic carbocycles. The highest BCUT2D eigenvalue weighted by Crippen LogP contribution is 2.43. The van der Waals surface area contributed by atoms with E-state index >= 15 is 0 Å². The molecule has 2 rings (SSSR count). The van der Waals surface area contributed by atoms with Crippen LogP contribution in [0.5, 0.6) is 0 Å². The topological polar surface area (TPSA) is 24.9 Å². The van der Waals surface area contributed by atoms with E-state index in [0.29, 0.717) is 5.92 Å². The zero-order valence-electron chi connectivity index (χ0n) is 13.7. The van der Waals surface area contributed by atoms with Crippen molar-refractivity contribution in [2.75, 3.05) is 6.54 Å². The van der Waals surface area contributed by atoms with E-state index in [2.05, 4.69) is 45.3 Å². The van der Waals surface area contributed by atoms with Gasteiger partial charge in [-0.1, -0.05) is 47.5 Å². The van der Waals surface area contributed by atoms with Gasteiger partial charge in [0.1, 0.15) is 5.01 Å². The Balaban J connectivity index is 2.27. The molecule has 0 aromatic carbocycles. The summed E-state index contributed by atoms with van der Waals surface area (Å²) in [6.07, 6.45) is 5.21. The second-order valence-corrected chi connectivity index (χ2v) is 7.80. The SMILES string of the molecule is CCNC1(c2nc(C(C)C)cs2)CCCC(C(C)C)C1. The summed E-state index contributed by atoms with van der Waals surface area (Å²) in [6, 6.07) is 0. The molecule has 20 heavy (non-hydrogen) atoms. The first-order valence-electron chi connectivity index (χ1n) is 8.19. The predicted molar refractivity (Wildman–Crippen MR) is 88.4 cm³/mol. The minimum atomic E-state index is 0.139. The number of thiazole rings is 1. The second-order valence-electron chi connectivity index (χ2n) is 6.95. The van der Waals surface area contributed by atoms with Crippen molar-refractivity contribution in [3.8, 4) is 0 Å². The van der Waals surface area contributed by atoms with E-state index in [1.54, 1.807) is 0 Å². The molecule has 0 radical (unpaired) electrons. The Kier molecular flexibility index (Phi) is 5.25. The summed E-state index contributed by atoms with van der Waals surface area (Å²) in [5.41, 5.74) is 1.40. The van der Waals surface area contributed by atoms with Gasteiger partial charge in [0.2, 0.25) is 0 Å². The van der Waals surface area contributed by atoms with Gasteiger partial charge < -0.3 is 5.32 Å². The summed E-state index contributed by atoms with van der Waals surface area (Å²) >= 11 is 1.86. The maximum Gasteiger partial charge on any atom is 0.113 e. The first-order chi connectivity index (χ1) is 9.48. The van der Waals surface area contributed by atoms with E-state index in [4.69, 9.17) is 4.98 Å². The number of hydrogen-bond donors (Lipinski definition) is 1. The van der Waals surface area contributed by atoms with E-state index in [1.807, 2.05) is 11.3 Å². The third-order valence-corrected chi connectivity index (χ3v) is 5.83. The Morgan fingerprint density at radius 1 is 1.40 bits per heavy atom. The fourth-order valence-corrected chi connectivity index (χ4v) is 4.63. The highest BCUT2D eigenvalue weighted by molar-refractivity contribution is 7.09. The molecule has 0 bridgehead atoms. The number of aromatic nitrogens is 1. The fourth-order valence-electron chi connectivity index (χ4n) is 3.43. The Labute approximate surface area is 128 Å². The normalized spacial score (nSPS) is 27.4. The molecule has 3 heteroatoms. The van der Waals surface area contributed by atoms with Crippen LogP contribution in [-0.4, -0.2) is 11.5 Å². The van der Waals surface area contributed by atoms with Gasteiger partial charge in [-0.15, -0.1) is 11.3 Å². The lowest BCUT2D eigenvalue weighted by molar-refractivity contribution is 0.149. The first kappa shape index (κ1) is 16.0. The van der Waals surface area contributed by atoms with Gasteiger partial charge >= 0.3 is 0 Å². The van der Waals surface area contributed by atoms with Gasteiger partial charge in [-0.05, 0) is 37.1 Å². The molecule has 1 aromatic rings. The molecular weight excluding hydrogens is 264 g/mol. The average Bonchev–Trinajstić information content (AvgIpc) is 2.89. The lowest BCUT2D eigenvalue weighted by Crippen LogP contribution is -2.46. The van der Waals surface area contributed by atoms with Gasteiger partial charge in [0.15, 0.2) is 0 Å². The van der Waals surface area contributed by atoms with Crippen molar-refractivity contribution in [2.45, 2.75) is 71.8 Å². The van der Waals surface area contributed by atoms with Gasteiger partial charge in [0, 0.05) is 5.38 Å². The summed E-state index contributed by atoms with van der Waals surface area (Å²) in [6.45, 7) is 12.5. The van der Waals surface area contributed by atoms with Crippen LogP contribution < -0.4 is 5.32 Å². The monoisotopic (exact) mass is 294 g/mol. The molecule has 1 aliphatic rings. The average molecular weight is 295 g/mol. The maximum atomic E-state index is 4.97. The van der Waals surface area contributed by atoms with Crippen molar-refractivity contribution in [3.05, 3.63) is 16.1 Å². The van der Waals surface area contributed by atoms with Crippen molar-refractivity contribution < 1.29 is 0 Å². The molecular formula is C17H30N2S. The fraction of sp³-hybridized carbons (Fsp3) is 0.824. The Hall–Kier alpha value is -0.410. The van der Waals surface area contributed by atoms with Crippen LogP contribution >= 0.6 is 11.3 Å². The highest BCUT2D eigenvalue weighted by atomic mass is 32.1. The van der Waals surface area contributed by atoms with Crippen LogP contribution in [-0.2, 0) is 5.54 Å². The van der Waals surface area contributed by atoms with Crippen LogP contribution in [0.25, 0.3) is 0 Å². The van der Waals surface area contributed by atoms with Crippen LogP contribution in [0.15, 0.2) is 5.38 Å². The molecule has 2 atom stereocenters. The molecule has 0 spiro atoms. The molecule has 0 aliphatic heterocycles. The molecule has 2 unspecified atom stereocenters. The number of nitrogens with one attached hydrogen (secondary N) is 1. The van der Waals surface area contributed by atoms with Crippen molar-refractivity contribution in [1.82, 2.24) is 10.3 Å². The molecule has 1 fully saturated rings. The van der Waals surface area contributed by atoms with Crippen LogP contribution in [0.3, 0.4) is 0 Å². The smallest absolute Gasteiger partial charge is 0.113 e. The molecule has 1 aromatic heterocycles. The summed E-state index contributed by atoms with van der Waals surface area (Å²) in [5, 5.41) is 7.39. The molecule has 1 saturated carbocycles. The van der Waals surface area contributed by atoms with Gasteiger partial charge in [-0.25, -0.2) is 4.98 Å². The van der Waals surface area contributed by atoms with Gasteiger partial charge in [0.25, 0.3) is 0 Å². The Bertz CT molecular complexity index is 420. The zero-order valence-corrected chi connectivity index (χ0v) is 14.5. The van der Waals surface area contributed by atoms with Crippen molar-refractivity contribution in [3.63, 3.8) is 0 Å². The zero-order chi connectivity index (χ0) is 14.8. The number of hydrogen-bond acceptors (Lipinski definition) is 3. The molecule has 0 saturated heterocycles. The summed E-state index contributed by atoms with van der Waals surface area (Å²) in [4.78, 5) is 4.97. The first-order valence-corrected chi connectivity index (χ1v) is 9.07. The molecule has 2 nitrogen and oxygen atoms in total. The van der Waals surface area contributed by atoms with E-state index in [1.165, 1.54) is 36.4 Å². The van der Waals surface area contributed by atoms with Gasteiger partial charge in [-0.2, -0.15) is 0 Å². The summed E-state index contributed by atoms with van der Waals surface area (Å²) in [5.74, 6) is 2.13. The van der Waals surface area contributed by atoms with Crippen molar-refractivity contribution in [2.24, 2.45) is 11.8 Å². The quantitative estimate of drug-likeness (QED) is 0.834. The third-order valence-electron chi connectivity index (χ3n) is 4.77. The van der Waals surface area contributed by atoms with E-state index in [9.17, 15) is 0 Å². The minimum absolute atomic E-state index is 0.139. The molecule has 1 heterocycles. The van der Waals surface area contributed by atoms with Crippen molar-refractivity contribution in [1.29, 1.82) is 0 Å². The Morgan fingerprint density at radius 3 is 2.70 bits per heavy atom. The van der Waals surface area contributed by atoms with Crippen LogP contribution in [0, 0.1) is 11.8 Å². The largest absolute Gasteiger partial charge is 0.306 e. The number of nitrogens with zero attached hydrogens (tertiary/aromatic N) is 1. The van der Waals surface area contributed by atoms with E-state index in [-0.39, 0.29) is 5.54 Å². The molecule has 114 valence electrons. The van der Waals surface area contributed by atoms with E-state index in [0.717, 1.165) is 18.4 Å². The standard InChI is InChI=1S/C17H30N2S/c1-6-18-17(9-7-8-14(10-17)12(2)3)16-19-15(11-20-16)13(4)5/h11-14,18H,6-10H2,1-5H3. The highest BCUT2D eigenvalue weighted by Gasteiger charge is 2.40. The van der Waals surface area contributed by atoms with Gasteiger partial charge in [-0.3, -0.25) is 0 Å². The lowest BCUT2D eigenvalue weighted by atomic mass is 9.72. The van der Waals surface area contributed by atoms with Crippen LogP contribution in [0.4, 0.5) is 0 Å². The third kappa shape index (κ3) is 3.25. The van der Waals surface area contributed by atoms with Crippen LogP contribution in [0.2, 0.25) is 0 Å². The summed E-state index contributed by atoms with van der Waals surface area (Å²) < 4.78 is 0. The number of rotatable bonds is 5. The second kappa shape index (κ2) is 6.57. The van der Waals surface area contributed by atoms with E-state index < -0.39 is 0 Å². The van der Waals surface area contributed by atoms with Crippen LogP contribution in [0.1, 0.15) is 76.9 Å². The van der Waals surface area contributed by atoms with Crippen molar-refractivity contribution >= 4 is 11.3 Å².